The molecule has 4 heteroatoms. The molecular formula is C16H23F2NO. The van der Waals surface area contributed by atoms with Crippen molar-refractivity contribution >= 4 is 0 Å². The highest BCUT2D eigenvalue weighted by Crippen LogP contribution is 2.25. The maximum atomic E-state index is 13.3. The molecule has 1 aromatic carbocycles. The van der Waals surface area contributed by atoms with Gasteiger partial charge in [0, 0.05) is 18.0 Å². The fourth-order valence-corrected chi connectivity index (χ4v) is 2.85. The van der Waals surface area contributed by atoms with E-state index in [1.807, 2.05) is 0 Å². The molecule has 0 amide bonds. The first-order chi connectivity index (χ1) is 9.58. The topological polar surface area (TPSA) is 21.3 Å². The van der Waals surface area contributed by atoms with Crippen molar-refractivity contribution in [3.05, 3.63) is 35.4 Å². The maximum Gasteiger partial charge on any atom is 0.126 e. The predicted octanol–water partition coefficient (Wildman–Crippen LogP) is 3.30. The average molecular weight is 283 g/mol. The summed E-state index contributed by atoms with van der Waals surface area (Å²) in [6.07, 6.45) is 2.95. The molecule has 3 atom stereocenters. The summed E-state index contributed by atoms with van der Waals surface area (Å²) in [6, 6.07) is 3.96. The van der Waals surface area contributed by atoms with E-state index in [0.717, 1.165) is 32.1 Å². The van der Waals surface area contributed by atoms with Gasteiger partial charge in [-0.3, -0.25) is 0 Å². The van der Waals surface area contributed by atoms with Gasteiger partial charge in [0.15, 0.2) is 0 Å². The highest BCUT2D eigenvalue weighted by Gasteiger charge is 2.29. The van der Waals surface area contributed by atoms with E-state index in [0.29, 0.717) is 17.9 Å². The van der Waals surface area contributed by atoms with Crippen LogP contribution in [0, 0.1) is 17.6 Å². The Morgan fingerprint density at radius 1 is 1.30 bits per heavy atom. The summed E-state index contributed by atoms with van der Waals surface area (Å²) in [6.45, 7) is 5.81. The monoisotopic (exact) mass is 283 g/mol. The Kier molecular flexibility index (Phi) is 5.49. The lowest BCUT2D eigenvalue weighted by atomic mass is 9.91. The van der Waals surface area contributed by atoms with Crippen LogP contribution < -0.4 is 5.32 Å². The standard InChI is InChI=1S/C16H23F2NO/c1-3-4-19-16(13-5-11(2)20-10-13)8-12-6-14(17)9-15(18)7-12/h6-7,9,11,13,16,19H,3-5,8,10H2,1-2H3. The lowest BCUT2D eigenvalue weighted by molar-refractivity contribution is 0.117. The second-order valence-electron chi connectivity index (χ2n) is 5.68. The Labute approximate surface area is 119 Å². The number of nitrogens with one attached hydrogen (secondary N) is 1. The van der Waals surface area contributed by atoms with E-state index < -0.39 is 11.6 Å². The zero-order valence-corrected chi connectivity index (χ0v) is 12.2. The molecule has 112 valence electrons. The Hall–Kier alpha value is -1.00. The molecule has 1 N–H and O–H groups in total. The molecule has 20 heavy (non-hydrogen) atoms. The second kappa shape index (κ2) is 7.14. The van der Waals surface area contributed by atoms with Crippen molar-refractivity contribution in [3.8, 4) is 0 Å². The molecule has 1 aliphatic rings. The molecule has 1 fully saturated rings. The molecule has 1 aromatic rings. The Balaban J connectivity index is 2.06. The summed E-state index contributed by atoms with van der Waals surface area (Å²) in [5, 5.41) is 3.49. The van der Waals surface area contributed by atoms with E-state index in [9.17, 15) is 8.78 Å². The first-order valence-corrected chi connectivity index (χ1v) is 7.38. The number of rotatable bonds is 6. The van der Waals surface area contributed by atoms with E-state index in [2.05, 4.69) is 19.2 Å². The molecule has 1 heterocycles. The van der Waals surface area contributed by atoms with Gasteiger partial charge >= 0.3 is 0 Å². The highest BCUT2D eigenvalue weighted by atomic mass is 19.1. The number of halogens is 2. The molecule has 2 rings (SSSR count). The molecule has 0 radical (unpaired) electrons. The molecule has 1 saturated heterocycles. The first kappa shape index (κ1) is 15.4. The van der Waals surface area contributed by atoms with Crippen molar-refractivity contribution in [3.63, 3.8) is 0 Å². The lowest BCUT2D eigenvalue weighted by Gasteiger charge is -2.24. The molecule has 0 saturated carbocycles. The normalized spacial score (nSPS) is 24.0. The SMILES string of the molecule is CCCNC(Cc1cc(F)cc(F)c1)C1COC(C)C1. The van der Waals surface area contributed by atoms with Gasteiger partial charge in [0.25, 0.3) is 0 Å². The van der Waals surface area contributed by atoms with E-state index in [1.54, 1.807) is 0 Å². The zero-order chi connectivity index (χ0) is 14.5. The molecule has 0 aliphatic carbocycles. The summed E-state index contributed by atoms with van der Waals surface area (Å²) in [7, 11) is 0. The third-order valence-corrected chi connectivity index (χ3v) is 3.83. The van der Waals surface area contributed by atoms with Crippen LogP contribution in [-0.4, -0.2) is 25.3 Å². The molecule has 3 unspecified atom stereocenters. The molecule has 1 aliphatic heterocycles. The van der Waals surface area contributed by atoms with Crippen LogP contribution in [0.1, 0.15) is 32.3 Å². The Morgan fingerprint density at radius 3 is 2.55 bits per heavy atom. The van der Waals surface area contributed by atoms with Crippen LogP contribution in [0.2, 0.25) is 0 Å². The van der Waals surface area contributed by atoms with Crippen molar-refractivity contribution in [2.75, 3.05) is 13.2 Å². The fourth-order valence-electron chi connectivity index (χ4n) is 2.85. The largest absolute Gasteiger partial charge is 0.378 e. The van der Waals surface area contributed by atoms with Crippen LogP contribution >= 0.6 is 0 Å². The van der Waals surface area contributed by atoms with Gasteiger partial charge in [0.2, 0.25) is 0 Å². The maximum absolute atomic E-state index is 13.3. The van der Waals surface area contributed by atoms with Gasteiger partial charge in [-0.2, -0.15) is 0 Å². The number of ether oxygens (including phenoxy) is 1. The van der Waals surface area contributed by atoms with Crippen LogP contribution in [0.5, 0.6) is 0 Å². The molecule has 0 bridgehead atoms. The van der Waals surface area contributed by atoms with Gasteiger partial charge in [-0.05, 0) is 50.4 Å². The quantitative estimate of drug-likeness (QED) is 0.865. The van der Waals surface area contributed by atoms with E-state index in [-0.39, 0.29) is 12.1 Å². The van der Waals surface area contributed by atoms with Gasteiger partial charge in [0.05, 0.1) is 12.7 Å². The average Bonchev–Trinajstić information content (AvgIpc) is 2.80. The first-order valence-electron chi connectivity index (χ1n) is 7.38. The molecule has 0 aromatic heterocycles. The third kappa shape index (κ3) is 4.25. The minimum Gasteiger partial charge on any atom is -0.378 e. The van der Waals surface area contributed by atoms with Gasteiger partial charge in [-0.1, -0.05) is 6.92 Å². The third-order valence-electron chi connectivity index (χ3n) is 3.83. The van der Waals surface area contributed by atoms with Crippen molar-refractivity contribution in [2.45, 2.75) is 45.3 Å². The van der Waals surface area contributed by atoms with Crippen molar-refractivity contribution in [1.29, 1.82) is 0 Å². The van der Waals surface area contributed by atoms with Crippen LogP contribution in [0.15, 0.2) is 18.2 Å². The molecule has 2 nitrogen and oxygen atoms in total. The minimum absolute atomic E-state index is 0.209. The summed E-state index contributed by atoms with van der Waals surface area (Å²) in [5.74, 6) is -0.613. The van der Waals surface area contributed by atoms with Crippen molar-refractivity contribution in [1.82, 2.24) is 5.32 Å². The highest BCUT2D eigenvalue weighted by molar-refractivity contribution is 5.19. The van der Waals surface area contributed by atoms with Gasteiger partial charge in [-0.15, -0.1) is 0 Å². The number of hydrogen-bond acceptors (Lipinski definition) is 2. The molecule has 0 spiro atoms. The van der Waals surface area contributed by atoms with Crippen LogP contribution in [0.4, 0.5) is 8.78 Å². The molecular weight excluding hydrogens is 260 g/mol. The number of hydrogen-bond donors (Lipinski definition) is 1. The van der Waals surface area contributed by atoms with E-state index >= 15 is 0 Å². The second-order valence-corrected chi connectivity index (χ2v) is 5.68. The van der Waals surface area contributed by atoms with Crippen LogP contribution in [0.25, 0.3) is 0 Å². The smallest absolute Gasteiger partial charge is 0.126 e. The predicted molar refractivity (Wildman–Crippen MR) is 75.7 cm³/mol. The van der Waals surface area contributed by atoms with E-state index in [1.165, 1.54) is 12.1 Å². The van der Waals surface area contributed by atoms with Crippen LogP contribution in [0.3, 0.4) is 0 Å². The summed E-state index contributed by atoms with van der Waals surface area (Å²) < 4.78 is 32.2. The fraction of sp³-hybridized carbons (Fsp3) is 0.625. The lowest BCUT2D eigenvalue weighted by Crippen LogP contribution is -2.39. The zero-order valence-electron chi connectivity index (χ0n) is 12.2. The number of benzene rings is 1. The minimum atomic E-state index is -0.509. The Morgan fingerprint density at radius 2 is 2.00 bits per heavy atom. The Bertz CT molecular complexity index is 418. The van der Waals surface area contributed by atoms with Gasteiger partial charge < -0.3 is 10.1 Å². The summed E-state index contributed by atoms with van der Waals surface area (Å²) in [4.78, 5) is 0. The van der Waals surface area contributed by atoms with E-state index in [4.69, 9.17) is 4.74 Å². The van der Waals surface area contributed by atoms with Gasteiger partial charge in [-0.25, -0.2) is 8.78 Å². The summed E-state index contributed by atoms with van der Waals surface area (Å²) in [5.41, 5.74) is 0.704. The van der Waals surface area contributed by atoms with Crippen LogP contribution in [-0.2, 0) is 11.2 Å². The van der Waals surface area contributed by atoms with Crippen molar-refractivity contribution in [2.24, 2.45) is 5.92 Å². The van der Waals surface area contributed by atoms with Gasteiger partial charge in [0.1, 0.15) is 11.6 Å². The van der Waals surface area contributed by atoms with Crippen molar-refractivity contribution < 1.29 is 13.5 Å². The summed E-state index contributed by atoms with van der Waals surface area (Å²) >= 11 is 0.